The van der Waals surface area contributed by atoms with Crippen molar-refractivity contribution in [1.82, 2.24) is 0 Å². The van der Waals surface area contributed by atoms with Crippen LogP contribution in [0.4, 0.5) is 11.4 Å². The molecule has 3 atom stereocenters. The van der Waals surface area contributed by atoms with Gasteiger partial charge in [0.2, 0.25) is 0 Å². The number of nitro benzene ring substituents is 1. The molecule has 1 fully saturated rings. The number of rotatable bonds is 4. The van der Waals surface area contributed by atoms with E-state index in [2.05, 4.69) is 25.5 Å². The summed E-state index contributed by atoms with van der Waals surface area (Å²) in [5.74, 6) is 1.61. The van der Waals surface area contributed by atoms with Gasteiger partial charge in [0.1, 0.15) is 11.9 Å². The summed E-state index contributed by atoms with van der Waals surface area (Å²) in [6.45, 7) is 6.81. The number of benzene rings is 3. The second-order valence-electron chi connectivity index (χ2n) is 10.4. The van der Waals surface area contributed by atoms with Gasteiger partial charge in [0.05, 0.1) is 15.5 Å². The Labute approximate surface area is 199 Å². The van der Waals surface area contributed by atoms with E-state index in [0.29, 0.717) is 11.6 Å². The number of hydrogen-bond donors (Lipinski definition) is 1. The number of hydrogen-bond acceptors (Lipinski definition) is 5. The quantitative estimate of drug-likeness (QED) is 0.352. The fourth-order valence-electron chi connectivity index (χ4n) is 5.38. The Morgan fingerprint density at radius 2 is 1.76 bits per heavy atom. The first-order valence-corrected chi connectivity index (χ1v) is 13.0. The number of fused-ring (bicyclic) bond motifs is 5. The summed E-state index contributed by atoms with van der Waals surface area (Å²) < 4.78 is 35.6. The molecule has 2 aliphatic rings. The van der Waals surface area contributed by atoms with Crippen molar-refractivity contribution in [2.45, 2.75) is 57.0 Å². The fraction of sp³-hybridized carbons (Fsp3) is 0.385. The van der Waals surface area contributed by atoms with Crippen LogP contribution in [0.2, 0.25) is 0 Å². The predicted molar refractivity (Wildman–Crippen MR) is 132 cm³/mol. The fourth-order valence-corrected chi connectivity index (χ4v) is 6.49. The number of non-ortho nitro benzene ring substituents is 1. The normalized spacial score (nSPS) is 22.0. The van der Waals surface area contributed by atoms with Crippen LogP contribution in [0, 0.1) is 21.4 Å². The van der Waals surface area contributed by atoms with Crippen LogP contribution in [-0.2, 0) is 10.0 Å². The molecule has 5 rings (SSSR count). The highest BCUT2D eigenvalue weighted by Crippen LogP contribution is 2.54. The third-order valence-electron chi connectivity index (χ3n) is 7.29. The summed E-state index contributed by atoms with van der Waals surface area (Å²) in [5, 5.41) is 12.8. The summed E-state index contributed by atoms with van der Waals surface area (Å²) in [6.07, 6.45) is 3.18. The van der Waals surface area contributed by atoms with Gasteiger partial charge in [-0.1, -0.05) is 51.1 Å². The summed E-state index contributed by atoms with van der Waals surface area (Å²) >= 11 is 0. The zero-order valence-electron chi connectivity index (χ0n) is 19.4. The van der Waals surface area contributed by atoms with Gasteiger partial charge in [-0.2, -0.15) is 0 Å². The van der Waals surface area contributed by atoms with Crippen molar-refractivity contribution in [3.05, 3.63) is 70.3 Å². The van der Waals surface area contributed by atoms with E-state index in [0.717, 1.165) is 47.4 Å². The van der Waals surface area contributed by atoms with E-state index < -0.39 is 14.9 Å². The molecule has 3 aromatic carbocycles. The third-order valence-corrected chi connectivity index (χ3v) is 8.65. The Morgan fingerprint density at radius 1 is 1.03 bits per heavy atom. The van der Waals surface area contributed by atoms with E-state index in [1.165, 1.54) is 18.2 Å². The average Bonchev–Trinajstić information content (AvgIpc) is 3.16. The Kier molecular flexibility index (Phi) is 5.31. The van der Waals surface area contributed by atoms with Crippen LogP contribution in [0.15, 0.2) is 59.5 Å². The third kappa shape index (κ3) is 3.90. The smallest absolute Gasteiger partial charge is 0.270 e. The molecule has 1 saturated carbocycles. The van der Waals surface area contributed by atoms with E-state index in [4.69, 9.17) is 4.74 Å². The largest absolute Gasteiger partial charge is 0.489 e. The van der Waals surface area contributed by atoms with Crippen molar-refractivity contribution < 1.29 is 18.1 Å². The van der Waals surface area contributed by atoms with E-state index >= 15 is 0 Å². The molecule has 7 nitrogen and oxygen atoms in total. The molecule has 178 valence electrons. The monoisotopic (exact) mass is 480 g/mol. The summed E-state index contributed by atoms with van der Waals surface area (Å²) in [4.78, 5) is 10.4. The molecule has 1 heterocycles. The van der Waals surface area contributed by atoms with Crippen molar-refractivity contribution in [2.24, 2.45) is 11.3 Å². The molecule has 8 heteroatoms. The Hall–Kier alpha value is -3.13. The first-order valence-electron chi connectivity index (χ1n) is 11.5. The average molecular weight is 481 g/mol. The van der Waals surface area contributed by atoms with Gasteiger partial charge in [-0.15, -0.1) is 0 Å². The second kappa shape index (κ2) is 7.98. The molecule has 0 radical (unpaired) electrons. The highest BCUT2D eigenvalue weighted by atomic mass is 32.2. The van der Waals surface area contributed by atoms with E-state index in [9.17, 15) is 18.5 Å². The molecule has 3 aromatic rings. The van der Waals surface area contributed by atoms with Gasteiger partial charge in [0.25, 0.3) is 15.7 Å². The van der Waals surface area contributed by atoms with Gasteiger partial charge in [-0.3, -0.25) is 14.8 Å². The summed E-state index contributed by atoms with van der Waals surface area (Å²) in [5.41, 5.74) is 1.42. The lowest BCUT2D eigenvalue weighted by atomic mass is 9.67. The second-order valence-corrected chi connectivity index (χ2v) is 12.1. The van der Waals surface area contributed by atoms with Crippen LogP contribution in [0.25, 0.3) is 10.8 Å². The molecule has 0 unspecified atom stereocenters. The lowest BCUT2D eigenvalue weighted by Crippen LogP contribution is -2.33. The van der Waals surface area contributed by atoms with Crippen molar-refractivity contribution in [3.63, 3.8) is 0 Å². The minimum atomic E-state index is -4.04. The molecular weight excluding hydrogens is 452 g/mol. The van der Waals surface area contributed by atoms with Crippen LogP contribution in [0.3, 0.4) is 0 Å². The lowest BCUT2D eigenvalue weighted by Gasteiger charge is -2.38. The molecule has 0 amide bonds. The van der Waals surface area contributed by atoms with Gasteiger partial charge in [-0.25, -0.2) is 8.42 Å². The highest BCUT2D eigenvalue weighted by Gasteiger charge is 2.43. The van der Waals surface area contributed by atoms with Gasteiger partial charge in [0.15, 0.2) is 0 Å². The minimum Gasteiger partial charge on any atom is -0.489 e. The number of sulfonamides is 1. The van der Waals surface area contributed by atoms with Crippen LogP contribution < -0.4 is 9.46 Å². The Bertz CT molecular complexity index is 1390. The van der Waals surface area contributed by atoms with E-state index in [1.807, 2.05) is 30.3 Å². The van der Waals surface area contributed by atoms with Gasteiger partial charge in [0, 0.05) is 34.4 Å². The van der Waals surface area contributed by atoms with Crippen LogP contribution in [0.5, 0.6) is 5.75 Å². The van der Waals surface area contributed by atoms with Crippen molar-refractivity contribution in [1.29, 1.82) is 0 Å². The van der Waals surface area contributed by atoms with Crippen molar-refractivity contribution in [2.75, 3.05) is 4.72 Å². The van der Waals surface area contributed by atoms with Gasteiger partial charge < -0.3 is 4.74 Å². The summed E-state index contributed by atoms with van der Waals surface area (Å²) in [6, 6.07) is 14.6. The van der Waals surface area contributed by atoms with Crippen LogP contribution >= 0.6 is 0 Å². The topological polar surface area (TPSA) is 98.5 Å². The standard InChI is InChI=1S/C26H28N2O5S/c1-26(2,3)16-11-12-24-21(13-16)22-15-23(19-9-4-5-10-20(19)25(22)33-24)27-34(31,32)18-8-6-7-17(14-18)28(29)30/h4-10,14-16,21,24,27H,11-13H2,1-3H3/t16-,21+,24-/m1/s1. The zero-order valence-corrected chi connectivity index (χ0v) is 20.3. The van der Waals surface area contributed by atoms with Crippen LogP contribution in [0.1, 0.15) is 51.5 Å². The number of anilines is 1. The first kappa shape index (κ1) is 22.7. The Balaban J connectivity index is 1.58. The van der Waals surface area contributed by atoms with Crippen molar-refractivity contribution in [3.8, 4) is 5.75 Å². The highest BCUT2D eigenvalue weighted by molar-refractivity contribution is 7.92. The molecule has 1 N–H and O–H groups in total. The van der Waals surface area contributed by atoms with E-state index in [1.54, 1.807) is 0 Å². The molecule has 34 heavy (non-hydrogen) atoms. The minimum absolute atomic E-state index is 0.0978. The maximum Gasteiger partial charge on any atom is 0.270 e. The lowest BCUT2D eigenvalue weighted by molar-refractivity contribution is -0.385. The maximum absolute atomic E-state index is 13.2. The van der Waals surface area contributed by atoms with E-state index in [-0.39, 0.29) is 28.0 Å². The molecule has 0 aromatic heterocycles. The summed E-state index contributed by atoms with van der Waals surface area (Å²) in [7, 11) is -4.04. The molecule has 1 aliphatic carbocycles. The molecule has 0 spiro atoms. The van der Waals surface area contributed by atoms with Crippen molar-refractivity contribution >= 4 is 32.2 Å². The molecule has 0 bridgehead atoms. The maximum atomic E-state index is 13.2. The van der Waals surface area contributed by atoms with Gasteiger partial charge in [-0.05, 0) is 42.7 Å². The number of ether oxygens (including phenoxy) is 1. The number of nitrogens with zero attached hydrogens (tertiary/aromatic N) is 1. The Morgan fingerprint density at radius 3 is 2.47 bits per heavy atom. The predicted octanol–water partition coefficient (Wildman–Crippen LogP) is 6.24. The first-order chi connectivity index (χ1) is 16.0. The zero-order chi connectivity index (χ0) is 24.3. The van der Waals surface area contributed by atoms with Gasteiger partial charge >= 0.3 is 0 Å². The molecule has 1 aliphatic heterocycles. The molecule has 0 saturated heterocycles. The number of nitrogens with one attached hydrogen (secondary N) is 1. The number of nitro groups is 1. The molecular formula is C26H28N2O5S. The SMILES string of the molecule is CC(C)(C)[C@@H]1CC[C@H]2Oc3c(cc(NS(=O)(=O)c4cccc([N+](=O)[O-])c4)c4ccccc34)[C@@H]2C1. The van der Waals surface area contributed by atoms with Crippen LogP contribution in [-0.4, -0.2) is 19.4 Å².